The van der Waals surface area contributed by atoms with E-state index in [0.717, 1.165) is 4.90 Å². The topological polar surface area (TPSA) is 44.4 Å². The van der Waals surface area contributed by atoms with E-state index in [-0.39, 0.29) is 19.6 Å². The molecule has 0 saturated heterocycles. The summed E-state index contributed by atoms with van der Waals surface area (Å²) in [5.74, 6) is -0.440. The van der Waals surface area contributed by atoms with Crippen molar-refractivity contribution < 1.29 is 18.0 Å². The molecular formula is C10H18F3N3O. The first kappa shape index (κ1) is 15.9. The van der Waals surface area contributed by atoms with Gasteiger partial charge in [-0.05, 0) is 7.05 Å². The summed E-state index contributed by atoms with van der Waals surface area (Å²) in [6, 6.07) is 0. The van der Waals surface area contributed by atoms with Gasteiger partial charge in [0.05, 0.1) is 13.1 Å². The molecule has 7 heteroatoms. The highest BCUT2D eigenvalue weighted by Crippen LogP contribution is 2.15. The Bertz CT molecular complexity index is 243. The average Bonchev–Trinajstić information content (AvgIpc) is 2.21. The van der Waals surface area contributed by atoms with Crippen molar-refractivity contribution in [2.24, 2.45) is 0 Å². The first-order valence-corrected chi connectivity index (χ1v) is 5.20. The van der Waals surface area contributed by atoms with Gasteiger partial charge < -0.3 is 10.6 Å². The maximum atomic E-state index is 12.2. The molecule has 0 aliphatic rings. The van der Waals surface area contributed by atoms with Gasteiger partial charge in [0.2, 0.25) is 5.91 Å². The minimum Gasteiger partial charge on any atom is -0.352 e. The van der Waals surface area contributed by atoms with Crippen molar-refractivity contribution in [2.75, 3.05) is 39.8 Å². The molecule has 100 valence electrons. The van der Waals surface area contributed by atoms with Gasteiger partial charge in [0, 0.05) is 19.6 Å². The molecule has 17 heavy (non-hydrogen) atoms. The molecule has 0 bridgehead atoms. The molecule has 0 aromatic rings. The number of nitrogens with zero attached hydrogens (tertiary/aromatic N) is 1. The van der Waals surface area contributed by atoms with Gasteiger partial charge in [-0.15, -0.1) is 6.58 Å². The minimum atomic E-state index is -4.30. The van der Waals surface area contributed by atoms with E-state index < -0.39 is 18.6 Å². The number of likely N-dealkylation sites (N-methyl/N-ethyl adjacent to an activating group) is 1. The fraction of sp³-hybridized carbons (Fsp3) is 0.700. The van der Waals surface area contributed by atoms with Gasteiger partial charge in [0.25, 0.3) is 0 Å². The summed E-state index contributed by atoms with van der Waals surface area (Å²) >= 11 is 0. The molecule has 0 spiro atoms. The number of rotatable bonds is 8. The Morgan fingerprint density at radius 2 is 2.12 bits per heavy atom. The van der Waals surface area contributed by atoms with Crippen LogP contribution in [0.5, 0.6) is 0 Å². The third-order valence-corrected chi connectivity index (χ3v) is 1.89. The number of carbonyl (C=O) groups is 1. The number of hydrogen-bond acceptors (Lipinski definition) is 3. The number of alkyl halides is 3. The van der Waals surface area contributed by atoms with Gasteiger partial charge in [-0.2, -0.15) is 13.2 Å². The molecule has 0 heterocycles. The van der Waals surface area contributed by atoms with E-state index in [4.69, 9.17) is 0 Å². The monoisotopic (exact) mass is 253 g/mol. The van der Waals surface area contributed by atoms with Crippen LogP contribution >= 0.6 is 0 Å². The summed E-state index contributed by atoms with van der Waals surface area (Å²) in [5.41, 5.74) is 0. The van der Waals surface area contributed by atoms with Crippen molar-refractivity contribution >= 4 is 5.91 Å². The summed E-state index contributed by atoms with van der Waals surface area (Å²) in [4.78, 5) is 12.3. The lowest BCUT2D eigenvalue weighted by molar-refractivity contribution is -0.148. The third-order valence-electron chi connectivity index (χ3n) is 1.89. The molecule has 0 unspecified atom stereocenters. The number of halogens is 3. The Balaban J connectivity index is 4.17. The second kappa shape index (κ2) is 8.08. The van der Waals surface area contributed by atoms with Gasteiger partial charge in [-0.1, -0.05) is 6.08 Å². The molecule has 0 rings (SSSR count). The second-order valence-corrected chi connectivity index (χ2v) is 3.52. The van der Waals surface area contributed by atoms with Crippen LogP contribution in [0.25, 0.3) is 0 Å². The molecule has 1 amide bonds. The van der Waals surface area contributed by atoms with Crippen molar-refractivity contribution in [1.29, 1.82) is 0 Å². The van der Waals surface area contributed by atoms with Crippen molar-refractivity contribution in [3.63, 3.8) is 0 Å². The molecule has 0 saturated carbocycles. The van der Waals surface area contributed by atoms with E-state index >= 15 is 0 Å². The lowest BCUT2D eigenvalue weighted by atomic mass is 10.4. The summed E-state index contributed by atoms with van der Waals surface area (Å²) in [6.07, 6.45) is -2.83. The number of nitrogens with one attached hydrogen (secondary N) is 2. The standard InChI is InChI=1S/C10H18F3N3O/c1-3-4-15-9(17)7-16(6-5-14-2)8-10(11,12)13/h3,14H,1,4-8H2,2H3,(H,15,17). The van der Waals surface area contributed by atoms with Crippen LogP contribution < -0.4 is 10.6 Å². The van der Waals surface area contributed by atoms with E-state index in [1.807, 2.05) is 0 Å². The molecule has 0 aliphatic carbocycles. The first-order chi connectivity index (χ1) is 7.89. The van der Waals surface area contributed by atoms with Crippen LogP contribution in [-0.2, 0) is 4.79 Å². The zero-order valence-corrected chi connectivity index (χ0v) is 9.81. The van der Waals surface area contributed by atoms with Gasteiger partial charge in [0.1, 0.15) is 0 Å². The van der Waals surface area contributed by atoms with Gasteiger partial charge >= 0.3 is 6.18 Å². The Morgan fingerprint density at radius 3 is 2.59 bits per heavy atom. The Labute approximate surface area is 98.9 Å². The normalized spacial score (nSPS) is 11.6. The van der Waals surface area contributed by atoms with Crippen LogP contribution in [0.3, 0.4) is 0 Å². The van der Waals surface area contributed by atoms with Crippen LogP contribution in [0.2, 0.25) is 0 Å². The molecule has 0 radical (unpaired) electrons. The molecule has 2 N–H and O–H groups in total. The van der Waals surface area contributed by atoms with E-state index in [0.29, 0.717) is 6.54 Å². The summed E-state index contributed by atoms with van der Waals surface area (Å²) in [6.45, 7) is 2.86. The van der Waals surface area contributed by atoms with Crippen LogP contribution in [0.4, 0.5) is 13.2 Å². The van der Waals surface area contributed by atoms with Crippen LogP contribution in [-0.4, -0.2) is 56.8 Å². The maximum absolute atomic E-state index is 12.2. The third kappa shape index (κ3) is 9.83. The Kier molecular flexibility index (Phi) is 7.56. The fourth-order valence-corrected chi connectivity index (χ4v) is 1.18. The SMILES string of the molecule is C=CCNC(=O)CN(CCNC)CC(F)(F)F. The predicted molar refractivity (Wildman–Crippen MR) is 59.6 cm³/mol. The van der Waals surface area contributed by atoms with E-state index in [9.17, 15) is 18.0 Å². The van der Waals surface area contributed by atoms with Gasteiger partial charge in [-0.25, -0.2) is 0 Å². The largest absolute Gasteiger partial charge is 0.401 e. The second-order valence-electron chi connectivity index (χ2n) is 3.52. The molecule has 4 nitrogen and oxygen atoms in total. The van der Waals surface area contributed by atoms with Crippen LogP contribution in [0, 0.1) is 0 Å². The first-order valence-electron chi connectivity index (χ1n) is 5.20. The van der Waals surface area contributed by atoms with Crippen molar-refractivity contribution in [3.05, 3.63) is 12.7 Å². The van der Waals surface area contributed by atoms with Gasteiger partial charge in [0.15, 0.2) is 0 Å². The highest BCUT2D eigenvalue weighted by atomic mass is 19.4. The fourth-order valence-electron chi connectivity index (χ4n) is 1.18. The average molecular weight is 253 g/mol. The van der Waals surface area contributed by atoms with Crippen molar-refractivity contribution in [1.82, 2.24) is 15.5 Å². The van der Waals surface area contributed by atoms with Crippen LogP contribution in [0.1, 0.15) is 0 Å². The maximum Gasteiger partial charge on any atom is 0.401 e. The Morgan fingerprint density at radius 1 is 1.47 bits per heavy atom. The predicted octanol–water partition coefficient (Wildman–Crippen LogP) is 0.372. The zero-order valence-electron chi connectivity index (χ0n) is 9.81. The summed E-state index contributed by atoms with van der Waals surface area (Å²) in [7, 11) is 1.64. The smallest absolute Gasteiger partial charge is 0.352 e. The molecule has 0 fully saturated rings. The van der Waals surface area contributed by atoms with E-state index in [2.05, 4.69) is 17.2 Å². The van der Waals surface area contributed by atoms with Gasteiger partial charge in [-0.3, -0.25) is 9.69 Å². The van der Waals surface area contributed by atoms with Crippen molar-refractivity contribution in [3.8, 4) is 0 Å². The van der Waals surface area contributed by atoms with E-state index in [1.165, 1.54) is 6.08 Å². The number of carbonyl (C=O) groups excluding carboxylic acids is 1. The highest BCUT2D eigenvalue weighted by molar-refractivity contribution is 5.78. The Hall–Kier alpha value is -1.08. The molecule has 0 aromatic carbocycles. The number of amides is 1. The quantitative estimate of drug-likeness (QED) is 0.614. The van der Waals surface area contributed by atoms with E-state index in [1.54, 1.807) is 7.05 Å². The lowest BCUT2D eigenvalue weighted by Crippen LogP contribution is -2.44. The zero-order chi connectivity index (χ0) is 13.3. The molecular weight excluding hydrogens is 235 g/mol. The molecule has 0 aliphatic heterocycles. The number of hydrogen-bond donors (Lipinski definition) is 2. The summed E-state index contributed by atoms with van der Waals surface area (Å²) < 4.78 is 36.7. The van der Waals surface area contributed by atoms with Crippen LogP contribution in [0.15, 0.2) is 12.7 Å². The summed E-state index contributed by atoms with van der Waals surface area (Å²) in [5, 5.41) is 5.18. The molecule has 0 atom stereocenters. The minimum absolute atomic E-state index is 0.164. The van der Waals surface area contributed by atoms with Crippen molar-refractivity contribution in [2.45, 2.75) is 6.18 Å². The lowest BCUT2D eigenvalue weighted by Gasteiger charge is -2.22. The highest BCUT2D eigenvalue weighted by Gasteiger charge is 2.31. The molecule has 0 aromatic heterocycles.